The maximum absolute atomic E-state index is 4.67. The largest absolute Gasteiger partial charge is 0.344 e. The number of anilines is 1. The van der Waals surface area contributed by atoms with E-state index >= 15 is 0 Å². The molecular formula is C16H16N2. The summed E-state index contributed by atoms with van der Waals surface area (Å²) in [6.45, 7) is 2.10. The van der Waals surface area contributed by atoms with Gasteiger partial charge in [-0.15, -0.1) is 0 Å². The molecule has 18 heavy (non-hydrogen) atoms. The molecule has 1 aliphatic rings. The van der Waals surface area contributed by atoms with Crippen LogP contribution in [-0.4, -0.2) is 5.84 Å². The first-order valence-corrected chi connectivity index (χ1v) is 6.30. The van der Waals surface area contributed by atoms with Gasteiger partial charge in [0.05, 0.1) is 5.69 Å². The van der Waals surface area contributed by atoms with Crippen molar-refractivity contribution in [3.63, 3.8) is 0 Å². The topological polar surface area (TPSA) is 24.4 Å². The lowest BCUT2D eigenvalue weighted by molar-refractivity contribution is 1.00. The van der Waals surface area contributed by atoms with Crippen LogP contribution < -0.4 is 5.32 Å². The molecule has 0 fully saturated rings. The molecule has 3 rings (SSSR count). The van der Waals surface area contributed by atoms with Crippen LogP contribution in [0.5, 0.6) is 0 Å². The first kappa shape index (κ1) is 11.0. The third-order valence-electron chi connectivity index (χ3n) is 3.22. The van der Waals surface area contributed by atoms with Crippen LogP contribution in [0.1, 0.15) is 17.5 Å². The third kappa shape index (κ3) is 2.28. The van der Waals surface area contributed by atoms with E-state index in [9.17, 15) is 0 Å². The van der Waals surface area contributed by atoms with Crippen molar-refractivity contribution in [1.29, 1.82) is 0 Å². The molecule has 2 aromatic rings. The van der Waals surface area contributed by atoms with Crippen molar-refractivity contribution in [2.24, 2.45) is 4.99 Å². The van der Waals surface area contributed by atoms with Crippen molar-refractivity contribution >= 4 is 17.2 Å². The van der Waals surface area contributed by atoms with Crippen LogP contribution in [0.25, 0.3) is 0 Å². The number of fused-ring (bicyclic) bond motifs is 1. The molecule has 1 heterocycles. The van der Waals surface area contributed by atoms with Gasteiger partial charge in [-0.25, -0.2) is 4.99 Å². The van der Waals surface area contributed by atoms with Crippen molar-refractivity contribution in [3.05, 3.63) is 59.7 Å². The maximum atomic E-state index is 4.67. The van der Waals surface area contributed by atoms with Crippen LogP contribution in [0, 0.1) is 6.92 Å². The Balaban J connectivity index is 1.83. The summed E-state index contributed by atoms with van der Waals surface area (Å²) < 4.78 is 0. The molecule has 0 saturated carbocycles. The minimum Gasteiger partial charge on any atom is -0.344 e. The molecule has 2 aromatic carbocycles. The van der Waals surface area contributed by atoms with Crippen LogP contribution in [-0.2, 0) is 6.42 Å². The number of aryl methyl sites for hydroxylation is 2. The molecule has 0 aliphatic carbocycles. The van der Waals surface area contributed by atoms with Gasteiger partial charge in [-0.3, -0.25) is 0 Å². The Morgan fingerprint density at radius 3 is 2.56 bits per heavy atom. The van der Waals surface area contributed by atoms with Crippen molar-refractivity contribution in [2.75, 3.05) is 5.32 Å². The summed E-state index contributed by atoms with van der Waals surface area (Å²) in [5.74, 6) is 1.05. The minimum absolute atomic E-state index is 0.977. The predicted octanol–water partition coefficient (Wildman–Crippen LogP) is 4.08. The highest BCUT2D eigenvalue weighted by Crippen LogP contribution is 2.25. The predicted molar refractivity (Wildman–Crippen MR) is 76.7 cm³/mol. The summed E-state index contributed by atoms with van der Waals surface area (Å²) in [5.41, 5.74) is 4.82. The van der Waals surface area contributed by atoms with Gasteiger partial charge in [-0.2, -0.15) is 0 Å². The van der Waals surface area contributed by atoms with E-state index in [0.29, 0.717) is 0 Å². The zero-order valence-corrected chi connectivity index (χ0v) is 10.5. The van der Waals surface area contributed by atoms with E-state index in [2.05, 4.69) is 59.7 Å². The molecule has 0 amide bonds. The van der Waals surface area contributed by atoms with Gasteiger partial charge in [0.25, 0.3) is 0 Å². The molecule has 0 bridgehead atoms. The van der Waals surface area contributed by atoms with Gasteiger partial charge in [-0.1, -0.05) is 35.9 Å². The third-order valence-corrected chi connectivity index (χ3v) is 3.22. The zero-order valence-electron chi connectivity index (χ0n) is 10.5. The molecule has 0 atom stereocenters. The number of nitrogens with one attached hydrogen (secondary N) is 1. The average Bonchev–Trinajstić information content (AvgIpc) is 2.41. The highest BCUT2D eigenvalue weighted by molar-refractivity contribution is 5.98. The molecule has 0 saturated heterocycles. The van der Waals surface area contributed by atoms with Crippen molar-refractivity contribution in [3.8, 4) is 0 Å². The van der Waals surface area contributed by atoms with E-state index in [0.717, 1.165) is 30.1 Å². The number of hydrogen-bond acceptors (Lipinski definition) is 2. The van der Waals surface area contributed by atoms with Crippen LogP contribution in [0.15, 0.2) is 53.5 Å². The SMILES string of the molecule is Cc1ccc(NC2=Nc3ccccc3CC2)cc1. The number of rotatable bonds is 1. The zero-order chi connectivity index (χ0) is 12.4. The number of nitrogens with zero attached hydrogens (tertiary/aromatic N) is 1. The Morgan fingerprint density at radius 2 is 1.72 bits per heavy atom. The van der Waals surface area contributed by atoms with E-state index in [1.54, 1.807) is 0 Å². The first-order chi connectivity index (χ1) is 8.81. The highest BCUT2D eigenvalue weighted by atomic mass is 15.0. The fraction of sp³-hybridized carbons (Fsp3) is 0.188. The lowest BCUT2D eigenvalue weighted by atomic mass is 10.0. The number of hydrogen-bond donors (Lipinski definition) is 1. The van der Waals surface area contributed by atoms with E-state index in [1.807, 2.05) is 6.07 Å². The molecule has 0 unspecified atom stereocenters. The monoisotopic (exact) mass is 236 g/mol. The van der Waals surface area contributed by atoms with Crippen LogP contribution in [0.4, 0.5) is 11.4 Å². The highest BCUT2D eigenvalue weighted by Gasteiger charge is 2.10. The standard InChI is InChI=1S/C16H16N2/c1-12-6-9-14(10-7-12)17-16-11-8-13-4-2-3-5-15(13)18-16/h2-7,9-10H,8,11H2,1H3,(H,17,18). The summed E-state index contributed by atoms with van der Waals surface area (Å²) >= 11 is 0. The quantitative estimate of drug-likeness (QED) is 0.792. The molecule has 2 heteroatoms. The van der Waals surface area contributed by atoms with Gasteiger partial charge in [0, 0.05) is 12.1 Å². The fourth-order valence-electron chi connectivity index (χ4n) is 2.18. The summed E-state index contributed by atoms with van der Waals surface area (Å²) in [4.78, 5) is 4.67. The summed E-state index contributed by atoms with van der Waals surface area (Å²) in [7, 11) is 0. The smallest absolute Gasteiger partial charge is 0.107 e. The molecular weight excluding hydrogens is 220 g/mol. The van der Waals surface area contributed by atoms with E-state index < -0.39 is 0 Å². The Morgan fingerprint density at radius 1 is 0.944 bits per heavy atom. The van der Waals surface area contributed by atoms with E-state index in [-0.39, 0.29) is 0 Å². The fourth-order valence-corrected chi connectivity index (χ4v) is 2.18. The van der Waals surface area contributed by atoms with Gasteiger partial charge >= 0.3 is 0 Å². The second kappa shape index (κ2) is 4.65. The molecule has 0 aromatic heterocycles. The second-order valence-electron chi connectivity index (χ2n) is 4.68. The number of para-hydroxylation sites is 1. The van der Waals surface area contributed by atoms with Gasteiger partial charge in [0.2, 0.25) is 0 Å². The second-order valence-corrected chi connectivity index (χ2v) is 4.68. The Bertz CT molecular complexity index is 582. The van der Waals surface area contributed by atoms with Crippen LogP contribution >= 0.6 is 0 Å². The molecule has 1 N–H and O–H groups in total. The number of aliphatic imine (C=N–C) groups is 1. The minimum atomic E-state index is 0.977. The van der Waals surface area contributed by atoms with Crippen LogP contribution in [0.3, 0.4) is 0 Å². The van der Waals surface area contributed by atoms with E-state index in [1.165, 1.54) is 11.1 Å². The maximum Gasteiger partial charge on any atom is 0.107 e. The normalized spacial score (nSPS) is 13.7. The first-order valence-electron chi connectivity index (χ1n) is 6.30. The Hall–Kier alpha value is -2.09. The van der Waals surface area contributed by atoms with Crippen molar-refractivity contribution in [1.82, 2.24) is 0 Å². The summed E-state index contributed by atoms with van der Waals surface area (Å²) in [6.07, 6.45) is 2.04. The van der Waals surface area contributed by atoms with Crippen molar-refractivity contribution in [2.45, 2.75) is 19.8 Å². The molecule has 90 valence electrons. The molecule has 2 nitrogen and oxygen atoms in total. The summed E-state index contributed by atoms with van der Waals surface area (Å²) in [6, 6.07) is 16.8. The molecule has 0 radical (unpaired) electrons. The van der Waals surface area contributed by atoms with Gasteiger partial charge in [0.15, 0.2) is 0 Å². The lowest BCUT2D eigenvalue weighted by Crippen LogP contribution is -2.15. The lowest BCUT2D eigenvalue weighted by Gasteiger charge is -2.16. The Labute approximate surface area is 107 Å². The van der Waals surface area contributed by atoms with Crippen molar-refractivity contribution < 1.29 is 0 Å². The number of benzene rings is 2. The molecule has 1 aliphatic heterocycles. The van der Waals surface area contributed by atoms with Crippen LogP contribution in [0.2, 0.25) is 0 Å². The van der Waals surface area contributed by atoms with Gasteiger partial charge < -0.3 is 5.32 Å². The molecule has 0 spiro atoms. The van der Waals surface area contributed by atoms with Gasteiger partial charge in [0.1, 0.15) is 5.84 Å². The van der Waals surface area contributed by atoms with E-state index in [4.69, 9.17) is 0 Å². The van der Waals surface area contributed by atoms with Gasteiger partial charge in [-0.05, 0) is 37.1 Å². The number of amidine groups is 1. The average molecular weight is 236 g/mol. The summed E-state index contributed by atoms with van der Waals surface area (Å²) in [5, 5.41) is 3.40. The Kier molecular flexibility index (Phi) is 2.85.